The second-order valence-corrected chi connectivity index (χ2v) is 6.38. The van der Waals surface area contributed by atoms with Gasteiger partial charge in [0.1, 0.15) is 0 Å². The number of rotatable bonds is 3. The predicted octanol–water partition coefficient (Wildman–Crippen LogP) is 4.54. The summed E-state index contributed by atoms with van der Waals surface area (Å²) in [6.07, 6.45) is 0.482. The number of Topliss-reactive ketones (excluding diaryl/α,β-unsaturated/α-hetero) is 1. The minimum absolute atomic E-state index is 0.180. The van der Waals surface area contributed by atoms with Crippen molar-refractivity contribution in [2.75, 3.05) is 0 Å². The highest BCUT2D eigenvalue weighted by atomic mass is 127. The summed E-state index contributed by atoms with van der Waals surface area (Å²) < 4.78 is 2.06. The quantitative estimate of drug-likeness (QED) is 0.540. The van der Waals surface area contributed by atoms with Crippen LogP contribution in [0.15, 0.2) is 40.2 Å². The molecule has 2 rings (SSSR count). The molecule has 1 aromatic heterocycles. The van der Waals surface area contributed by atoms with Crippen LogP contribution in [0.3, 0.4) is 0 Å². The molecule has 0 aliphatic heterocycles. The van der Waals surface area contributed by atoms with Gasteiger partial charge in [0.2, 0.25) is 0 Å². The van der Waals surface area contributed by atoms with Crippen molar-refractivity contribution in [2.45, 2.75) is 6.42 Å². The summed E-state index contributed by atoms with van der Waals surface area (Å²) in [6, 6.07) is 9.68. The molecule has 1 nitrogen and oxygen atoms in total. The third-order valence-electron chi connectivity index (χ3n) is 2.13. The SMILES string of the molecule is O=C(Cc1cc(Br)cs1)c1ccccc1I. The lowest BCUT2D eigenvalue weighted by Gasteiger charge is -2.01. The van der Waals surface area contributed by atoms with Gasteiger partial charge in [-0.05, 0) is 50.7 Å². The maximum atomic E-state index is 12.0. The zero-order valence-electron chi connectivity index (χ0n) is 8.24. The molecule has 0 amide bonds. The standard InChI is InChI=1S/C12H8BrIOS/c13-8-5-9(16-7-8)6-12(15)10-3-1-2-4-11(10)14/h1-5,7H,6H2. The van der Waals surface area contributed by atoms with Gasteiger partial charge in [-0.2, -0.15) is 0 Å². The van der Waals surface area contributed by atoms with Crippen molar-refractivity contribution >= 4 is 55.6 Å². The third kappa shape index (κ3) is 2.93. The van der Waals surface area contributed by atoms with E-state index in [0.29, 0.717) is 6.42 Å². The van der Waals surface area contributed by atoms with E-state index in [1.54, 1.807) is 11.3 Å². The number of halogens is 2. The average molecular weight is 407 g/mol. The van der Waals surface area contributed by atoms with Crippen LogP contribution in [0.5, 0.6) is 0 Å². The summed E-state index contributed by atoms with van der Waals surface area (Å²) in [5.41, 5.74) is 0.813. The highest BCUT2D eigenvalue weighted by Gasteiger charge is 2.11. The van der Waals surface area contributed by atoms with Crippen molar-refractivity contribution in [1.29, 1.82) is 0 Å². The smallest absolute Gasteiger partial charge is 0.169 e. The Bertz CT molecular complexity index is 521. The monoisotopic (exact) mass is 406 g/mol. The Balaban J connectivity index is 2.18. The first-order valence-electron chi connectivity index (χ1n) is 4.67. The van der Waals surface area contributed by atoms with Crippen molar-refractivity contribution in [2.24, 2.45) is 0 Å². The molecular weight excluding hydrogens is 399 g/mol. The van der Waals surface area contributed by atoms with E-state index in [4.69, 9.17) is 0 Å². The Hall–Kier alpha value is -0.200. The molecule has 0 aliphatic carbocycles. The van der Waals surface area contributed by atoms with E-state index in [-0.39, 0.29) is 5.78 Å². The lowest BCUT2D eigenvalue weighted by atomic mass is 10.1. The molecule has 0 bridgehead atoms. The zero-order valence-corrected chi connectivity index (χ0v) is 12.8. The molecule has 82 valence electrons. The summed E-state index contributed by atoms with van der Waals surface area (Å²) >= 11 is 7.20. The van der Waals surface area contributed by atoms with Gasteiger partial charge in [0.15, 0.2) is 5.78 Å². The summed E-state index contributed by atoms with van der Waals surface area (Å²) in [7, 11) is 0. The highest BCUT2D eigenvalue weighted by Crippen LogP contribution is 2.22. The Labute approximate surface area is 120 Å². The molecule has 0 radical (unpaired) electrons. The molecule has 1 aromatic carbocycles. The van der Waals surface area contributed by atoms with E-state index >= 15 is 0 Å². The molecule has 0 N–H and O–H groups in total. The van der Waals surface area contributed by atoms with Gasteiger partial charge in [-0.25, -0.2) is 0 Å². The van der Waals surface area contributed by atoms with Crippen LogP contribution < -0.4 is 0 Å². The number of benzene rings is 1. The van der Waals surface area contributed by atoms with Gasteiger partial charge in [-0.15, -0.1) is 11.3 Å². The van der Waals surface area contributed by atoms with Crippen LogP contribution in [-0.2, 0) is 6.42 Å². The summed E-state index contributed by atoms with van der Waals surface area (Å²) in [5, 5.41) is 2.00. The van der Waals surface area contributed by atoms with Crippen LogP contribution in [0.2, 0.25) is 0 Å². The Morgan fingerprint density at radius 3 is 2.75 bits per heavy atom. The van der Waals surface area contributed by atoms with Crippen molar-refractivity contribution < 1.29 is 4.79 Å². The Morgan fingerprint density at radius 2 is 2.12 bits per heavy atom. The largest absolute Gasteiger partial charge is 0.294 e. The fourth-order valence-corrected chi connectivity index (χ4v) is 3.53. The van der Waals surface area contributed by atoms with Gasteiger partial charge >= 0.3 is 0 Å². The minimum Gasteiger partial charge on any atom is -0.294 e. The summed E-state index contributed by atoms with van der Waals surface area (Å²) in [4.78, 5) is 13.1. The lowest BCUT2D eigenvalue weighted by molar-refractivity contribution is 0.0993. The van der Waals surface area contributed by atoms with E-state index in [1.165, 1.54) is 0 Å². The highest BCUT2D eigenvalue weighted by molar-refractivity contribution is 14.1. The molecular formula is C12H8BrIOS. The summed E-state index contributed by atoms with van der Waals surface area (Å²) in [6.45, 7) is 0. The van der Waals surface area contributed by atoms with Crippen LogP contribution in [0.4, 0.5) is 0 Å². The van der Waals surface area contributed by atoms with Crippen LogP contribution in [0, 0.1) is 3.57 Å². The van der Waals surface area contributed by atoms with Crippen molar-refractivity contribution in [3.8, 4) is 0 Å². The van der Waals surface area contributed by atoms with Crippen LogP contribution in [-0.4, -0.2) is 5.78 Å². The van der Waals surface area contributed by atoms with E-state index in [0.717, 1.165) is 18.5 Å². The van der Waals surface area contributed by atoms with Gasteiger partial charge in [0.05, 0.1) is 0 Å². The van der Waals surface area contributed by atoms with E-state index < -0.39 is 0 Å². The van der Waals surface area contributed by atoms with Crippen LogP contribution >= 0.6 is 49.9 Å². The maximum absolute atomic E-state index is 12.0. The molecule has 0 unspecified atom stereocenters. The topological polar surface area (TPSA) is 17.1 Å². The molecule has 0 saturated heterocycles. The maximum Gasteiger partial charge on any atom is 0.169 e. The van der Waals surface area contributed by atoms with Gasteiger partial charge in [0, 0.05) is 30.3 Å². The van der Waals surface area contributed by atoms with Gasteiger partial charge in [0.25, 0.3) is 0 Å². The normalized spacial score (nSPS) is 10.4. The third-order valence-corrected chi connectivity index (χ3v) is 4.77. The molecule has 0 saturated carbocycles. The minimum atomic E-state index is 0.180. The molecule has 0 aliphatic rings. The van der Waals surface area contributed by atoms with Gasteiger partial charge in [-0.3, -0.25) is 4.79 Å². The van der Waals surface area contributed by atoms with Crippen molar-refractivity contribution in [3.63, 3.8) is 0 Å². The fourth-order valence-electron chi connectivity index (χ4n) is 1.39. The first-order valence-corrected chi connectivity index (χ1v) is 7.42. The predicted molar refractivity (Wildman–Crippen MR) is 79.2 cm³/mol. The van der Waals surface area contributed by atoms with Gasteiger partial charge in [-0.1, -0.05) is 18.2 Å². The van der Waals surface area contributed by atoms with E-state index in [2.05, 4.69) is 38.5 Å². The molecule has 16 heavy (non-hydrogen) atoms. The second-order valence-electron chi connectivity index (χ2n) is 3.31. The van der Waals surface area contributed by atoms with Crippen LogP contribution in [0.1, 0.15) is 15.2 Å². The molecule has 4 heteroatoms. The number of ketones is 1. The lowest BCUT2D eigenvalue weighted by Crippen LogP contribution is -2.04. The summed E-state index contributed by atoms with van der Waals surface area (Å²) in [5.74, 6) is 0.180. The second kappa shape index (κ2) is 5.42. The van der Waals surface area contributed by atoms with E-state index in [9.17, 15) is 4.79 Å². The first kappa shape index (κ1) is 12.3. The molecule has 0 fully saturated rings. The first-order chi connectivity index (χ1) is 7.66. The number of carbonyl (C=O) groups excluding carboxylic acids is 1. The van der Waals surface area contributed by atoms with Crippen molar-refractivity contribution in [3.05, 3.63) is 54.2 Å². The number of hydrogen-bond acceptors (Lipinski definition) is 2. The molecule has 0 atom stereocenters. The Kier molecular flexibility index (Phi) is 4.16. The molecule has 1 heterocycles. The average Bonchev–Trinajstić information content (AvgIpc) is 2.64. The van der Waals surface area contributed by atoms with Crippen LogP contribution in [0.25, 0.3) is 0 Å². The number of hydrogen-bond donors (Lipinski definition) is 0. The number of carbonyl (C=O) groups is 1. The zero-order chi connectivity index (χ0) is 11.5. The van der Waals surface area contributed by atoms with Crippen molar-refractivity contribution in [1.82, 2.24) is 0 Å². The molecule has 2 aromatic rings. The number of thiophene rings is 1. The molecule has 0 spiro atoms. The van der Waals surface area contributed by atoms with E-state index in [1.807, 2.05) is 35.7 Å². The fraction of sp³-hybridized carbons (Fsp3) is 0.0833. The Morgan fingerprint density at radius 1 is 1.38 bits per heavy atom. The van der Waals surface area contributed by atoms with Gasteiger partial charge < -0.3 is 0 Å².